The van der Waals surface area contributed by atoms with E-state index in [1.165, 1.54) is 128 Å². The summed E-state index contributed by atoms with van der Waals surface area (Å²) in [6.45, 7) is 4.68. The minimum absolute atomic E-state index is 0.837. The van der Waals surface area contributed by atoms with E-state index in [1.54, 1.807) is 36.8 Å². The summed E-state index contributed by atoms with van der Waals surface area (Å²) >= 11 is 0. The Morgan fingerprint density at radius 1 is 0.400 bits per heavy atom. The van der Waals surface area contributed by atoms with E-state index in [4.69, 9.17) is 0 Å². The van der Waals surface area contributed by atoms with Crippen molar-refractivity contribution in [2.45, 2.75) is 180 Å². The molecule has 40 heavy (non-hydrogen) atoms. The molecular weight excluding hydrogens is 480 g/mol. The standard InChI is InChI=1S/C40H66/c1-3-5-7-9-31-11-15-33(16-12-31)35-19-23-37(24-20-35)39-27-29-40(30-28-39)38-25-21-36(22-26-38)34-17-13-32(14-18-34)10-8-6-4-2/h27-38H,3-26H2,1-2H3/t31-,32-,33-,34-,35?,36?,37?,38?. The van der Waals surface area contributed by atoms with Crippen LogP contribution in [0.3, 0.4) is 0 Å². The highest BCUT2D eigenvalue weighted by Crippen LogP contribution is 2.46. The quantitative estimate of drug-likeness (QED) is 0.229. The molecule has 0 nitrogen and oxygen atoms in total. The summed E-state index contributed by atoms with van der Waals surface area (Å²) < 4.78 is 0. The SMILES string of the molecule is CCCCC[C@H]1CC[C@H](C2CCC(c3ccc(C4CCC([C@H]5CC[C@H](CCCCC)CC5)CC4)cc3)CC2)CC1. The molecule has 226 valence electrons. The van der Waals surface area contributed by atoms with Crippen LogP contribution in [0.1, 0.15) is 191 Å². The maximum Gasteiger partial charge on any atom is -0.0162 e. The Hall–Kier alpha value is -0.780. The number of hydrogen-bond acceptors (Lipinski definition) is 0. The van der Waals surface area contributed by atoms with Gasteiger partial charge >= 0.3 is 0 Å². The molecule has 4 fully saturated rings. The molecule has 0 bridgehead atoms. The van der Waals surface area contributed by atoms with Crippen molar-refractivity contribution in [3.8, 4) is 0 Å². The van der Waals surface area contributed by atoms with E-state index in [1.807, 2.05) is 0 Å². The van der Waals surface area contributed by atoms with Crippen molar-refractivity contribution >= 4 is 0 Å². The molecule has 0 unspecified atom stereocenters. The number of hydrogen-bond donors (Lipinski definition) is 0. The molecule has 1 aromatic rings. The molecule has 0 spiro atoms. The Morgan fingerprint density at radius 2 is 0.700 bits per heavy atom. The molecule has 5 rings (SSSR count). The van der Waals surface area contributed by atoms with E-state index in [-0.39, 0.29) is 0 Å². The van der Waals surface area contributed by atoms with Crippen LogP contribution in [0.4, 0.5) is 0 Å². The first-order chi connectivity index (χ1) is 19.7. The molecule has 0 heteroatoms. The molecule has 0 heterocycles. The summed E-state index contributed by atoms with van der Waals surface area (Å²) in [5.41, 5.74) is 3.32. The Morgan fingerprint density at radius 3 is 1.00 bits per heavy atom. The fraction of sp³-hybridized carbons (Fsp3) is 0.850. The topological polar surface area (TPSA) is 0 Å². The summed E-state index contributed by atoms with van der Waals surface area (Å²) in [5.74, 6) is 7.99. The molecule has 1 aromatic carbocycles. The molecule has 0 amide bonds. The lowest BCUT2D eigenvalue weighted by molar-refractivity contribution is 0.155. The maximum absolute atomic E-state index is 2.55. The zero-order valence-corrected chi connectivity index (χ0v) is 26.9. The molecule has 0 saturated heterocycles. The van der Waals surface area contributed by atoms with Crippen molar-refractivity contribution in [3.05, 3.63) is 35.4 Å². The van der Waals surface area contributed by atoms with Gasteiger partial charge in [0.25, 0.3) is 0 Å². The van der Waals surface area contributed by atoms with Crippen LogP contribution in [0.25, 0.3) is 0 Å². The third kappa shape index (κ3) is 8.63. The maximum atomic E-state index is 2.55. The van der Waals surface area contributed by atoms with Gasteiger partial charge < -0.3 is 0 Å². The van der Waals surface area contributed by atoms with Gasteiger partial charge in [-0.3, -0.25) is 0 Å². The number of benzene rings is 1. The van der Waals surface area contributed by atoms with Crippen LogP contribution in [0.15, 0.2) is 24.3 Å². The lowest BCUT2D eigenvalue weighted by Crippen LogP contribution is -2.25. The Bertz CT molecular complexity index is 720. The van der Waals surface area contributed by atoms with Crippen LogP contribution < -0.4 is 0 Å². The molecule has 0 aliphatic heterocycles. The second-order valence-electron chi connectivity index (χ2n) is 15.4. The van der Waals surface area contributed by atoms with Crippen molar-refractivity contribution in [1.29, 1.82) is 0 Å². The Labute approximate surface area is 250 Å². The lowest BCUT2D eigenvalue weighted by Gasteiger charge is -2.38. The van der Waals surface area contributed by atoms with Gasteiger partial charge in [-0.05, 0) is 136 Å². The lowest BCUT2D eigenvalue weighted by atomic mass is 9.67. The van der Waals surface area contributed by atoms with Gasteiger partial charge in [-0.2, -0.15) is 0 Å². The van der Waals surface area contributed by atoms with E-state index in [0.29, 0.717) is 0 Å². The summed E-state index contributed by atoms with van der Waals surface area (Å²) in [6.07, 6.45) is 35.8. The van der Waals surface area contributed by atoms with Gasteiger partial charge in [0.2, 0.25) is 0 Å². The third-order valence-electron chi connectivity index (χ3n) is 13.0. The predicted octanol–water partition coefficient (Wildman–Crippen LogP) is 13.0. The second kappa shape index (κ2) is 16.2. The van der Waals surface area contributed by atoms with Gasteiger partial charge in [0, 0.05) is 0 Å². The minimum atomic E-state index is 0.837. The highest BCUT2D eigenvalue weighted by Gasteiger charge is 2.33. The molecule has 0 N–H and O–H groups in total. The van der Waals surface area contributed by atoms with Gasteiger partial charge in [-0.25, -0.2) is 0 Å². The Kier molecular flexibility index (Phi) is 12.4. The molecule has 4 saturated carbocycles. The van der Waals surface area contributed by atoms with Crippen LogP contribution >= 0.6 is 0 Å². The van der Waals surface area contributed by atoms with Gasteiger partial charge in [0.15, 0.2) is 0 Å². The molecule has 0 atom stereocenters. The summed E-state index contributed by atoms with van der Waals surface area (Å²) in [7, 11) is 0. The molecule has 0 aromatic heterocycles. The minimum Gasteiger partial charge on any atom is -0.0654 e. The fourth-order valence-electron chi connectivity index (χ4n) is 10.2. The monoisotopic (exact) mass is 547 g/mol. The first kappa shape index (κ1) is 30.7. The average Bonchev–Trinajstić information content (AvgIpc) is 3.02. The molecular formula is C40H66. The van der Waals surface area contributed by atoms with E-state index in [2.05, 4.69) is 38.1 Å². The van der Waals surface area contributed by atoms with Crippen molar-refractivity contribution in [2.24, 2.45) is 35.5 Å². The van der Waals surface area contributed by atoms with E-state index >= 15 is 0 Å². The van der Waals surface area contributed by atoms with Gasteiger partial charge in [0.05, 0.1) is 0 Å². The molecule has 0 radical (unpaired) electrons. The highest BCUT2D eigenvalue weighted by atomic mass is 14.4. The summed E-state index contributed by atoms with van der Waals surface area (Å²) in [4.78, 5) is 0. The second-order valence-corrected chi connectivity index (χ2v) is 15.4. The van der Waals surface area contributed by atoms with Crippen LogP contribution in [0, 0.1) is 35.5 Å². The van der Waals surface area contributed by atoms with Crippen molar-refractivity contribution in [2.75, 3.05) is 0 Å². The fourth-order valence-corrected chi connectivity index (χ4v) is 10.2. The average molecular weight is 547 g/mol. The zero-order valence-electron chi connectivity index (χ0n) is 26.9. The van der Waals surface area contributed by atoms with Crippen LogP contribution in [-0.4, -0.2) is 0 Å². The van der Waals surface area contributed by atoms with Gasteiger partial charge in [-0.1, -0.05) is 115 Å². The van der Waals surface area contributed by atoms with Gasteiger partial charge in [0.1, 0.15) is 0 Å². The summed E-state index contributed by atoms with van der Waals surface area (Å²) in [5, 5.41) is 0. The predicted molar refractivity (Wildman–Crippen MR) is 175 cm³/mol. The van der Waals surface area contributed by atoms with Crippen molar-refractivity contribution in [3.63, 3.8) is 0 Å². The zero-order chi connectivity index (χ0) is 27.6. The van der Waals surface area contributed by atoms with Gasteiger partial charge in [-0.15, -0.1) is 0 Å². The third-order valence-corrected chi connectivity index (χ3v) is 13.0. The van der Waals surface area contributed by atoms with Crippen molar-refractivity contribution < 1.29 is 0 Å². The molecule has 4 aliphatic carbocycles. The largest absolute Gasteiger partial charge is 0.0654 e. The van der Waals surface area contributed by atoms with Crippen LogP contribution in [0.5, 0.6) is 0 Å². The number of rotatable bonds is 12. The van der Waals surface area contributed by atoms with E-state index < -0.39 is 0 Å². The smallest absolute Gasteiger partial charge is 0.0162 e. The summed E-state index contributed by atoms with van der Waals surface area (Å²) in [6, 6.07) is 10.2. The van der Waals surface area contributed by atoms with Crippen LogP contribution in [0.2, 0.25) is 0 Å². The van der Waals surface area contributed by atoms with E-state index in [9.17, 15) is 0 Å². The molecule has 4 aliphatic rings. The number of unbranched alkanes of at least 4 members (excludes halogenated alkanes) is 4. The first-order valence-electron chi connectivity index (χ1n) is 18.8. The Balaban J connectivity index is 0.994. The van der Waals surface area contributed by atoms with Crippen molar-refractivity contribution in [1.82, 2.24) is 0 Å². The van der Waals surface area contributed by atoms with Crippen LogP contribution in [-0.2, 0) is 0 Å². The van der Waals surface area contributed by atoms with E-state index in [0.717, 1.165) is 47.3 Å². The normalized spacial score (nSPS) is 35.5. The first-order valence-corrected chi connectivity index (χ1v) is 18.8. The highest BCUT2D eigenvalue weighted by molar-refractivity contribution is 5.28.